The minimum Gasteiger partial charge on any atom is -0.380 e. The van der Waals surface area contributed by atoms with Crippen molar-refractivity contribution in [3.8, 4) is 0 Å². The lowest BCUT2D eigenvalue weighted by molar-refractivity contribution is -0.131. The lowest BCUT2D eigenvalue weighted by Gasteiger charge is -2.17. The fourth-order valence-corrected chi connectivity index (χ4v) is 1.21. The second-order valence-corrected chi connectivity index (χ2v) is 6.39. The summed E-state index contributed by atoms with van der Waals surface area (Å²) in [4.78, 5) is 22.6. The second kappa shape index (κ2) is 9.88. The largest absolute Gasteiger partial charge is 0.380 e. The van der Waals surface area contributed by atoms with Crippen LogP contribution in [0.4, 0.5) is 0 Å². The van der Waals surface area contributed by atoms with Gasteiger partial charge < -0.3 is 14.8 Å². The molecular formula is C15H29NO4. The summed E-state index contributed by atoms with van der Waals surface area (Å²) in [6, 6.07) is 0. The van der Waals surface area contributed by atoms with Gasteiger partial charge in [0.15, 0.2) is 5.78 Å². The number of hydrogen-bond acceptors (Lipinski definition) is 4. The number of rotatable bonds is 10. The maximum Gasteiger partial charge on any atom is 0.246 e. The zero-order chi connectivity index (χ0) is 15.6. The van der Waals surface area contributed by atoms with E-state index >= 15 is 0 Å². The molecule has 118 valence electrons. The van der Waals surface area contributed by atoms with E-state index in [1.165, 1.54) is 0 Å². The summed E-state index contributed by atoms with van der Waals surface area (Å²) in [7, 11) is 0. The van der Waals surface area contributed by atoms with Gasteiger partial charge in [0.25, 0.3) is 0 Å². The Hall–Kier alpha value is -0.940. The first-order valence-corrected chi connectivity index (χ1v) is 7.17. The van der Waals surface area contributed by atoms with Crippen LogP contribution in [0.1, 0.15) is 41.0 Å². The van der Waals surface area contributed by atoms with Crippen molar-refractivity contribution in [1.82, 2.24) is 5.32 Å². The van der Waals surface area contributed by atoms with E-state index in [-0.39, 0.29) is 36.2 Å². The van der Waals surface area contributed by atoms with Gasteiger partial charge >= 0.3 is 0 Å². The summed E-state index contributed by atoms with van der Waals surface area (Å²) in [5.41, 5.74) is 0.264. The van der Waals surface area contributed by atoms with E-state index < -0.39 is 0 Å². The lowest BCUT2D eigenvalue weighted by atomic mass is 9.93. The van der Waals surface area contributed by atoms with Crippen LogP contribution >= 0.6 is 0 Å². The van der Waals surface area contributed by atoms with E-state index in [1.807, 2.05) is 0 Å². The zero-order valence-electron chi connectivity index (χ0n) is 13.5. The first-order chi connectivity index (χ1) is 9.22. The number of nitrogens with one attached hydrogen (secondary N) is 1. The number of ether oxygens (including phenoxy) is 2. The number of Topliss-reactive ketones (excluding diaryl/α,β-unsaturated/α-hetero) is 1. The molecule has 0 saturated heterocycles. The molecule has 0 bridgehead atoms. The SMILES string of the molecule is CC(C)C(=O)COCC(=O)NCCOCCC(C)(C)C. The molecule has 0 aromatic carbocycles. The van der Waals surface area contributed by atoms with Crippen molar-refractivity contribution in [3.05, 3.63) is 0 Å². The zero-order valence-corrected chi connectivity index (χ0v) is 13.5. The Balaban J connectivity index is 3.44. The predicted octanol–water partition coefficient (Wildman–Crippen LogP) is 1.80. The van der Waals surface area contributed by atoms with Crippen LogP contribution in [0.3, 0.4) is 0 Å². The van der Waals surface area contributed by atoms with Crippen molar-refractivity contribution in [2.75, 3.05) is 33.0 Å². The molecule has 0 atom stereocenters. The third-order valence-electron chi connectivity index (χ3n) is 2.69. The van der Waals surface area contributed by atoms with Crippen LogP contribution in [0.15, 0.2) is 0 Å². The van der Waals surface area contributed by atoms with Gasteiger partial charge in [0.2, 0.25) is 5.91 Å². The minimum atomic E-state index is -0.221. The van der Waals surface area contributed by atoms with Crippen LogP contribution < -0.4 is 5.32 Å². The third kappa shape index (κ3) is 12.1. The van der Waals surface area contributed by atoms with E-state index in [2.05, 4.69) is 26.1 Å². The molecule has 0 unspecified atom stereocenters. The van der Waals surface area contributed by atoms with Gasteiger partial charge in [-0.3, -0.25) is 9.59 Å². The highest BCUT2D eigenvalue weighted by atomic mass is 16.5. The van der Waals surface area contributed by atoms with Crippen LogP contribution in [-0.4, -0.2) is 44.7 Å². The Bertz CT molecular complexity index is 295. The smallest absolute Gasteiger partial charge is 0.246 e. The van der Waals surface area contributed by atoms with Gasteiger partial charge in [-0.2, -0.15) is 0 Å². The van der Waals surface area contributed by atoms with Gasteiger partial charge in [-0.1, -0.05) is 34.6 Å². The van der Waals surface area contributed by atoms with E-state index in [4.69, 9.17) is 9.47 Å². The van der Waals surface area contributed by atoms with Gasteiger partial charge in [-0.15, -0.1) is 0 Å². The molecule has 0 spiro atoms. The average molecular weight is 287 g/mol. The molecule has 0 saturated carbocycles. The highest BCUT2D eigenvalue weighted by molar-refractivity contribution is 5.82. The van der Waals surface area contributed by atoms with Gasteiger partial charge in [0.1, 0.15) is 13.2 Å². The normalized spacial score (nSPS) is 11.7. The quantitative estimate of drug-likeness (QED) is 0.622. The predicted molar refractivity (Wildman–Crippen MR) is 78.6 cm³/mol. The van der Waals surface area contributed by atoms with Gasteiger partial charge in [0, 0.05) is 19.1 Å². The monoisotopic (exact) mass is 287 g/mol. The van der Waals surface area contributed by atoms with Crippen molar-refractivity contribution in [2.24, 2.45) is 11.3 Å². The molecule has 5 nitrogen and oxygen atoms in total. The fourth-order valence-electron chi connectivity index (χ4n) is 1.21. The van der Waals surface area contributed by atoms with Crippen LogP contribution in [0, 0.1) is 11.3 Å². The van der Waals surface area contributed by atoms with Gasteiger partial charge in [-0.25, -0.2) is 0 Å². The summed E-state index contributed by atoms with van der Waals surface area (Å²) >= 11 is 0. The van der Waals surface area contributed by atoms with Crippen molar-refractivity contribution in [1.29, 1.82) is 0 Å². The number of amides is 1. The topological polar surface area (TPSA) is 64.6 Å². The molecule has 0 aliphatic heterocycles. The Morgan fingerprint density at radius 3 is 2.25 bits per heavy atom. The van der Waals surface area contributed by atoms with E-state index in [9.17, 15) is 9.59 Å². The second-order valence-electron chi connectivity index (χ2n) is 6.39. The molecule has 0 aliphatic rings. The molecule has 0 aliphatic carbocycles. The Labute approximate surface area is 122 Å². The fraction of sp³-hybridized carbons (Fsp3) is 0.867. The maximum absolute atomic E-state index is 11.4. The molecule has 0 fully saturated rings. The van der Waals surface area contributed by atoms with Crippen molar-refractivity contribution in [3.63, 3.8) is 0 Å². The summed E-state index contributed by atoms with van der Waals surface area (Å²) in [5.74, 6) is -0.279. The molecule has 20 heavy (non-hydrogen) atoms. The average Bonchev–Trinajstić information content (AvgIpc) is 2.32. The number of carbonyl (C=O) groups is 2. The van der Waals surface area contributed by atoms with Crippen LogP contribution in [-0.2, 0) is 19.1 Å². The summed E-state index contributed by atoms with van der Waals surface area (Å²) < 4.78 is 10.5. The molecule has 1 N–H and O–H groups in total. The van der Waals surface area contributed by atoms with Gasteiger partial charge in [0.05, 0.1) is 6.61 Å². The molecule has 0 aromatic heterocycles. The van der Waals surface area contributed by atoms with Gasteiger partial charge in [-0.05, 0) is 11.8 Å². The van der Waals surface area contributed by atoms with Crippen molar-refractivity contribution < 1.29 is 19.1 Å². The molecule has 0 aromatic rings. The van der Waals surface area contributed by atoms with Crippen LogP contribution in [0.5, 0.6) is 0 Å². The Kier molecular flexibility index (Phi) is 9.42. The summed E-state index contributed by atoms with van der Waals surface area (Å²) in [6.45, 7) is 11.7. The molecular weight excluding hydrogens is 258 g/mol. The number of ketones is 1. The van der Waals surface area contributed by atoms with Crippen LogP contribution in [0.25, 0.3) is 0 Å². The van der Waals surface area contributed by atoms with E-state index in [1.54, 1.807) is 13.8 Å². The highest BCUT2D eigenvalue weighted by Crippen LogP contribution is 2.17. The molecule has 0 rings (SSSR count). The standard InChI is InChI=1S/C15H29NO4/c1-12(2)13(17)10-20-11-14(18)16-7-9-19-8-6-15(3,4)5/h12H,6-11H2,1-5H3,(H,16,18). The third-order valence-corrected chi connectivity index (χ3v) is 2.69. The summed E-state index contributed by atoms with van der Waals surface area (Å²) in [6.07, 6.45) is 0.987. The van der Waals surface area contributed by atoms with Crippen molar-refractivity contribution in [2.45, 2.75) is 41.0 Å². The Morgan fingerprint density at radius 1 is 1.05 bits per heavy atom. The lowest BCUT2D eigenvalue weighted by Crippen LogP contribution is -2.31. The van der Waals surface area contributed by atoms with Crippen molar-refractivity contribution >= 4 is 11.7 Å². The minimum absolute atomic E-state index is 0.00307. The summed E-state index contributed by atoms with van der Waals surface area (Å²) in [5, 5.41) is 2.68. The van der Waals surface area contributed by atoms with E-state index in [0.717, 1.165) is 6.42 Å². The van der Waals surface area contributed by atoms with Crippen LogP contribution in [0.2, 0.25) is 0 Å². The highest BCUT2D eigenvalue weighted by Gasteiger charge is 2.10. The molecule has 1 amide bonds. The first kappa shape index (κ1) is 19.1. The number of carbonyl (C=O) groups excluding carboxylic acids is 2. The molecule has 5 heteroatoms. The molecule has 0 radical (unpaired) electrons. The first-order valence-electron chi connectivity index (χ1n) is 7.17. The molecule has 0 heterocycles. The maximum atomic E-state index is 11.4. The Morgan fingerprint density at radius 2 is 1.70 bits per heavy atom. The number of hydrogen-bond donors (Lipinski definition) is 1. The van der Waals surface area contributed by atoms with E-state index in [0.29, 0.717) is 19.8 Å².